The molecule has 4 fully saturated rings. The molecule has 9 atom stereocenters. The van der Waals surface area contributed by atoms with Crippen molar-refractivity contribution in [2.24, 2.45) is 52.3 Å². The number of nitrogens with one attached hydrogen (secondary N) is 1. The van der Waals surface area contributed by atoms with Crippen molar-refractivity contribution in [3.05, 3.63) is 29.3 Å². The summed E-state index contributed by atoms with van der Waals surface area (Å²) in [5.74, 6) is 4.99. The minimum Gasteiger partial charge on any atom is -0.274 e. The number of hydrogen-bond donors (Lipinski definition) is 1. The van der Waals surface area contributed by atoms with E-state index in [0.29, 0.717) is 27.7 Å². The topological polar surface area (TPSA) is 63.2 Å². The first-order chi connectivity index (χ1) is 18.0. The Morgan fingerprint density at radius 1 is 1.05 bits per heavy atom. The smallest absolute Gasteiger partial charge is 0.264 e. The summed E-state index contributed by atoms with van der Waals surface area (Å²) in [5.41, 5.74) is 0.888. The maximum absolute atomic E-state index is 12.7. The number of fused-ring (bicyclic) bond motifs is 5. The van der Waals surface area contributed by atoms with Crippen LogP contribution >= 0.6 is 11.6 Å². The van der Waals surface area contributed by atoms with Crippen LogP contribution in [0.3, 0.4) is 0 Å². The second-order valence-electron chi connectivity index (χ2n) is 13.9. The van der Waals surface area contributed by atoms with Gasteiger partial charge in [0.25, 0.3) is 10.0 Å². The van der Waals surface area contributed by atoms with Gasteiger partial charge in [0.05, 0.1) is 4.90 Å². The first kappa shape index (κ1) is 28.5. The lowest BCUT2D eigenvalue weighted by Crippen LogP contribution is -2.55. The average Bonchev–Trinajstić information content (AvgIpc) is 3.23. The van der Waals surface area contributed by atoms with Crippen LogP contribution in [0.2, 0.25) is 5.02 Å². The molecule has 38 heavy (non-hydrogen) atoms. The van der Waals surface area contributed by atoms with Crippen molar-refractivity contribution in [3.63, 3.8) is 0 Å². The van der Waals surface area contributed by atoms with E-state index in [0.717, 1.165) is 36.0 Å². The van der Waals surface area contributed by atoms with Crippen molar-refractivity contribution >= 4 is 27.5 Å². The number of amides is 1. The van der Waals surface area contributed by atoms with Crippen LogP contribution in [-0.2, 0) is 14.8 Å². The second-order valence-corrected chi connectivity index (χ2v) is 16.0. The van der Waals surface area contributed by atoms with E-state index in [1.54, 1.807) is 12.1 Å². The first-order valence-electron chi connectivity index (χ1n) is 15.3. The zero-order chi connectivity index (χ0) is 27.3. The lowest BCUT2D eigenvalue weighted by Gasteiger charge is -2.63. The van der Waals surface area contributed by atoms with Gasteiger partial charge in [-0.3, -0.25) is 4.79 Å². The normalized spacial score (nSPS) is 39.5. The van der Waals surface area contributed by atoms with Crippen molar-refractivity contribution < 1.29 is 13.2 Å². The molecule has 0 radical (unpaired) electrons. The predicted octanol–water partition coefficient (Wildman–Crippen LogP) is 8.25. The molecule has 0 spiro atoms. The molecule has 1 amide bonds. The molecule has 5 rings (SSSR count). The summed E-state index contributed by atoms with van der Waals surface area (Å²) in [6.07, 6.45) is 14.8. The molecule has 0 heterocycles. The minimum atomic E-state index is -3.90. The maximum atomic E-state index is 12.7. The molecule has 1 aromatic rings. The van der Waals surface area contributed by atoms with Gasteiger partial charge in [-0.05, 0) is 122 Å². The number of carbonyl (C=O) groups excluding carboxylic acids is 1. The highest BCUT2D eigenvalue weighted by Crippen LogP contribution is 2.69. The Morgan fingerprint density at radius 2 is 1.82 bits per heavy atom. The van der Waals surface area contributed by atoms with Crippen LogP contribution in [-0.4, -0.2) is 14.3 Å². The quantitative estimate of drug-likeness (QED) is 0.364. The molecule has 0 aromatic heterocycles. The van der Waals surface area contributed by atoms with E-state index < -0.39 is 15.9 Å². The molecule has 4 aliphatic rings. The largest absolute Gasteiger partial charge is 0.274 e. The van der Waals surface area contributed by atoms with E-state index in [2.05, 4.69) is 32.4 Å². The Kier molecular flexibility index (Phi) is 8.03. The predicted molar refractivity (Wildman–Crippen MR) is 154 cm³/mol. The Balaban J connectivity index is 1.24. The third-order valence-electron chi connectivity index (χ3n) is 12.2. The lowest BCUT2D eigenvalue weighted by molar-refractivity contribution is -0.138. The molecule has 3 unspecified atom stereocenters. The summed E-state index contributed by atoms with van der Waals surface area (Å²) in [4.78, 5) is 12.7. The molecule has 4 nitrogen and oxygen atoms in total. The van der Waals surface area contributed by atoms with Gasteiger partial charge in [0, 0.05) is 11.4 Å². The maximum Gasteiger partial charge on any atom is 0.264 e. The zero-order valence-corrected chi connectivity index (χ0v) is 25.4. The molecule has 4 aliphatic carbocycles. The molecule has 4 saturated carbocycles. The fourth-order valence-corrected chi connectivity index (χ4v) is 11.8. The fraction of sp³-hybridized carbons (Fsp3) is 0.781. The Bertz CT molecular complexity index is 1140. The van der Waals surface area contributed by atoms with E-state index in [9.17, 15) is 13.2 Å². The van der Waals surface area contributed by atoms with Gasteiger partial charge in [0.1, 0.15) is 0 Å². The van der Waals surface area contributed by atoms with Gasteiger partial charge >= 0.3 is 0 Å². The Labute approximate surface area is 236 Å². The van der Waals surface area contributed by atoms with Crippen molar-refractivity contribution in [2.45, 2.75) is 110 Å². The molecular weight excluding hydrogens is 514 g/mol. The van der Waals surface area contributed by atoms with Crippen molar-refractivity contribution in [1.82, 2.24) is 4.72 Å². The molecule has 212 valence electrons. The van der Waals surface area contributed by atoms with E-state index in [1.807, 2.05) is 0 Å². The van der Waals surface area contributed by atoms with E-state index in [4.69, 9.17) is 11.6 Å². The summed E-state index contributed by atoms with van der Waals surface area (Å²) < 4.78 is 27.6. The molecule has 0 bridgehead atoms. The molecule has 1 aromatic carbocycles. The van der Waals surface area contributed by atoms with Crippen LogP contribution in [0.25, 0.3) is 0 Å². The van der Waals surface area contributed by atoms with Crippen molar-refractivity contribution in [1.29, 1.82) is 0 Å². The highest BCUT2D eigenvalue weighted by atomic mass is 35.5. The standard InChI is InChI=1S/C32H48ClNO3S/c1-5-22-19-25-28-14-13-26(32(28,4)18-16-29(25)31(3)17-7-6-11-27(22)31)21(2)12-15-30(35)34-38(36,37)24-10-8-9-23(33)20-24/h8-10,20-22,25-29H,5-7,11-19H2,1-4H3,(H,34,35)/t21-,22+,25?,26-,27+,28?,29?,31+,32-/m1/s1. The molecule has 6 heteroatoms. The summed E-state index contributed by atoms with van der Waals surface area (Å²) in [6, 6.07) is 6.04. The van der Waals surface area contributed by atoms with Gasteiger partial charge in [-0.15, -0.1) is 0 Å². The van der Waals surface area contributed by atoms with Gasteiger partial charge in [0.2, 0.25) is 5.91 Å². The highest BCUT2D eigenvalue weighted by molar-refractivity contribution is 7.90. The van der Waals surface area contributed by atoms with Crippen LogP contribution < -0.4 is 4.72 Å². The van der Waals surface area contributed by atoms with Gasteiger partial charge in [-0.25, -0.2) is 13.1 Å². The number of benzene rings is 1. The number of sulfonamides is 1. The SMILES string of the molecule is CC[C@H]1CC2C3CC[C@H]([C@H](C)CCC(=O)NS(=O)(=O)c4cccc(Cl)c4)[C@@]3(C)CCC2[C@@]2(C)CCCC[C@@H]12. The Morgan fingerprint density at radius 3 is 2.55 bits per heavy atom. The minimum absolute atomic E-state index is 0.0288. The van der Waals surface area contributed by atoms with Crippen molar-refractivity contribution in [3.8, 4) is 0 Å². The number of rotatable bonds is 7. The Hall–Kier alpha value is -1.07. The summed E-state index contributed by atoms with van der Waals surface area (Å²) >= 11 is 5.95. The van der Waals surface area contributed by atoms with Gasteiger partial charge in [-0.1, -0.05) is 64.6 Å². The van der Waals surface area contributed by atoms with Crippen molar-refractivity contribution in [2.75, 3.05) is 0 Å². The third-order valence-corrected chi connectivity index (χ3v) is 13.8. The van der Waals surface area contributed by atoms with E-state index >= 15 is 0 Å². The van der Waals surface area contributed by atoms with Crippen LogP contribution in [0, 0.1) is 52.3 Å². The fourth-order valence-electron chi connectivity index (χ4n) is 10.4. The summed E-state index contributed by atoms with van der Waals surface area (Å²) in [6.45, 7) is 9.97. The van der Waals surface area contributed by atoms with E-state index in [-0.39, 0.29) is 11.3 Å². The molecular formula is C32H48ClNO3S. The van der Waals surface area contributed by atoms with Gasteiger partial charge < -0.3 is 0 Å². The van der Waals surface area contributed by atoms with Crippen LogP contribution in [0.15, 0.2) is 29.2 Å². The molecule has 0 aliphatic heterocycles. The zero-order valence-electron chi connectivity index (χ0n) is 23.8. The van der Waals surface area contributed by atoms with Gasteiger partial charge in [-0.2, -0.15) is 0 Å². The summed E-state index contributed by atoms with van der Waals surface area (Å²) in [5, 5.41) is 0.337. The van der Waals surface area contributed by atoms with Crippen LogP contribution in [0.1, 0.15) is 105 Å². The number of hydrogen-bond acceptors (Lipinski definition) is 3. The first-order valence-corrected chi connectivity index (χ1v) is 17.2. The monoisotopic (exact) mass is 561 g/mol. The highest BCUT2D eigenvalue weighted by Gasteiger charge is 2.61. The average molecular weight is 562 g/mol. The van der Waals surface area contributed by atoms with E-state index in [1.165, 1.54) is 76.3 Å². The molecule has 1 N–H and O–H groups in total. The molecule has 0 saturated heterocycles. The number of carbonyl (C=O) groups is 1. The third kappa shape index (κ3) is 4.97. The lowest BCUT2D eigenvalue weighted by atomic mass is 9.42. The van der Waals surface area contributed by atoms with Gasteiger partial charge in [0.15, 0.2) is 0 Å². The van der Waals surface area contributed by atoms with Crippen LogP contribution in [0.4, 0.5) is 0 Å². The summed E-state index contributed by atoms with van der Waals surface area (Å²) in [7, 11) is -3.90. The number of halogens is 1. The second kappa shape index (κ2) is 10.7. The van der Waals surface area contributed by atoms with Crippen LogP contribution in [0.5, 0.6) is 0 Å².